The van der Waals surface area contributed by atoms with Crippen molar-refractivity contribution < 1.29 is 9.90 Å². The molecular formula is C10H15N3O2. The van der Waals surface area contributed by atoms with Gasteiger partial charge in [-0.25, -0.2) is 4.79 Å². The van der Waals surface area contributed by atoms with Crippen LogP contribution in [0.15, 0.2) is 6.07 Å². The minimum atomic E-state index is -0.971. The maximum absolute atomic E-state index is 10.7. The molecule has 0 aliphatic carbocycles. The average Bonchev–Trinajstić information content (AvgIpc) is 2.66. The summed E-state index contributed by atoms with van der Waals surface area (Å²) in [6.45, 7) is 2.09. The van der Waals surface area contributed by atoms with Crippen molar-refractivity contribution in [2.24, 2.45) is 0 Å². The number of carbonyl (C=O) groups is 1. The van der Waals surface area contributed by atoms with Gasteiger partial charge in [0.15, 0.2) is 5.69 Å². The number of piperidine rings is 1. The Labute approximate surface area is 88.1 Å². The fraction of sp³-hybridized carbons (Fsp3) is 0.600. The van der Waals surface area contributed by atoms with Crippen molar-refractivity contribution in [2.75, 3.05) is 20.1 Å². The molecule has 0 saturated carbocycles. The molecule has 5 nitrogen and oxygen atoms in total. The van der Waals surface area contributed by atoms with Gasteiger partial charge < -0.3 is 10.0 Å². The summed E-state index contributed by atoms with van der Waals surface area (Å²) in [5, 5.41) is 15.3. The minimum absolute atomic E-state index is 0.109. The van der Waals surface area contributed by atoms with Gasteiger partial charge in [0.25, 0.3) is 0 Å². The first-order chi connectivity index (χ1) is 7.16. The van der Waals surface area contributed by atoms with Gasteiger partial charge in [-0.15, -0.1) is 0 Å². The molecule has 1 saturated heterocycles. The predicted octanol–water partition coefficient (Wildman–Crippen LogP) is 0.917. The van der Waals surface area contributed by atoms with E-state index < -0.39 is 5.97 Å². The summed E-state index contributed by atoms with van der Waals surface area (Å²) in [6.07, 6.45) is 2.26. The van der Waals surface area contributed by atoms with Gasteiger partial charge in [-0.2, -0.15) is 5.10 Å². The molecule has 1 aliphatic rings. The molecule has 0 radical (unpaired) electrons. The first-order valence-electron chi connectivity index (χ1n) is 5.14. The highest BCUT2D eigenvalue weighted by molar-refractivity contribution is 5.85. The number of hydrogen-bond acceptors (Lipinski definition) is 3. The number of likely N-dealkylation sites (tertiary alicyclic amines) is 1. The average molecular weight is 209 g/mol. The van der Waals surface area contributed by atoms with E-state index in [1.807, 2.05) is 0 Å². The second kappa shape index (κ2) is 4.02. The molecule has 1 aromatic rings. The Morgan fingerprint density at radius 1 is 1.73 bits per heavy atom. The van der Waals surface area contributed by atoms with E-state index in [-0.39, 0.29) is 5.69 Å². The van der Waals surface area contributed by atoms with Crippen molar-refractivity contribution in [1.29, 1.82) is 0 Å². The number of hydrogen-bond donors (Lipinski definition) is 2. The van der Waals surface area contributed by atoms with Crippen LogP contribution in [0.5, 0.6) is 0 Å². The molecule has 1 atom stereocenters. The first kappa shape index (κ1) is 10.2. The molecule has 15 heavy (non-hydrogen) atoms. The lowest BCUT2D eigenvalue weighted by atomic mass is 9.95. The number of nitrogens with zero attached hydrogens (tertiary/aromatic N) is 2. The second-order valence-corrected chi connectivity index (χ2v) is 4.12. The van der Waals surface area contributed by atoms with Crippen LogP contribution in [0.3, 0.4) is 0 Å². The third kappa shape index (κ3) is 2.18. The Hall–Kier alpha value is -1.36. The van der Waals surface area contributed by atoms with Crippen LogP contribution in [0.4, 0.5) is 0 Å². The maximum Gasteiger partial charge on any atom is 0.356 e. The standard InChI is InChI=1S/C10H15N3O2/c1-13-4-2-3-7(6-13)8-5-9(10(14)15)12-11-8/h5,7H,2-4,6H2,1H3,(H,11,12)(H,14,15). The lowest BCUT2D eigenvalue weighted by Gasteiger charge is -2.28. The number of carboxylic acid groups (broad SMARTS) is 1. The molecule has 5 heteroatoms. The lowest BCUT2D eigenvalue weighted by molar-refractivity contribution is 0.0690. The minimum Gasteiger partial charge on any atom is -0.476 e. The summed E-state index contributed by atoms with van der Waals surface area (Å²) in [4.78, 5) is 12.9. The van der Waals surface area contributed by atoms with Crippen molar-refractivity contribution in [1.82, 2.24) is 15.1 Å². The third-order valence-electron chi connectivity index (χ3n) is 2.88. The summed E-state index contributed by atoms with van der Waals surface area (Å²) in [6, 6.07) is 1.64. The number of aromatic amines is 1. The second-order valence-electron chi connectivity index (χ2n) is 4.12. The van der Waals surface area contributed by atoms with E-state index in [1.165, 1.54) is 0 Å². The molecule has 1 unspecified atom stereocenters. The highest BCUT2D eigenvalue weighted by Crippen LogP contribution is 2.24. The van der Waals surface area contributed by atoms with Crippen molar-refractivity contribution >= 4 is 5.97 Å². The Kier molecular flexibility index (Phi) is 2.73. The number of aromatic nitrogens is 2. The van der Waals surface area contributed by atoms with Gasteiger partial charge in [0.05, 0.1) is 0 Å². The molecule has 2 N–H and O–H groups in total. The zero-order valence-electron chi connectivity index (χ0n) is 8.73. The van der Waals surface area contributed by atoms with Crippen LogP contribution in [0.25, 0.3) is 0 Å². The van der Waals surface area contributed by atoms with Crippen molar-refractivity contribution in [3.05, 3.63) is 17.5 Å². The molecule has 1 fully saturated rings. The van der Waals surface area contributed by atoms with Crippen LogP contribution < -0.4 is 0 Å². The van der Waals surface area contributed by atoms with Crippen LogP contribution >= 0.6 is 0 Å². The number of likely N-dealkylation sites (N-methyl/N-ethyl adjacent to an activating group) is 1. The number of nitrogens with one attached hydrogen (secondary N) is 1. The molecular weight excluding hydrogens is 194 g/mol. The lowest BCUT2D eigenvalue weighted by Crippen LogP contribution is -2.30. The van der Waals surface area contributed by atoms with Crippen LogP contribution in [0, 0.1) is 0 Å². The monoisotopic (exact) mass is 209 g/mol. The Bertz CT molecular complexity index is 361. The zero-order valence-corrected chi connectivity index (χ0v) is 8.73. The van der Waals surface area contributed by atoms with Gasteiger partial charge in [-0.1, -0.05) is 0 Å². The van der Waals surface area contributed by atoms with Gasteiger partial charge in [-0.05, 0) is 32.5 Å². The van der Waals surface area contributed by atoms with E-state index >= 15 is 0 Å². The summed E-state index contributed by atoms with van der Waals surface area (Å²) in [7, 11) is 2.08. The smallest absolute Gasteiger partial charge is 0.356 e. The summed E-state index contributed by atoms with van der Waals surface area (Å²) < 4.78 is 0. The largest absolute Gasteiger partial charge is 0.476 e. The maximum atomic E-state index is 10.7. The first-order valence-corrected chi connectivity index (χ1v) is 5.14. The molecule has 0 aromatic carbocycles. The summed E-state index contributed by atoms with van der Waals surface area (Å²) >= 11 is 0. The van der Waals surface area contributed by atoms with Gasteiger partial charge >= 0.3 is 5.97 Å². The number of rotatable bonds is 2. The molecule has 2 rings (SSSR count). The van der Waals surface area contributed by atoms with Crippen molar-refractivity contribution in [2.45, 2.75) is 18.8 Å². The summed E-state index contributed by atoms with van der Waals surface area (Å²) in [5.74, 6) is -0.578. The van der Waals surface area contributed by atoms with Crippen LogP contribution in [0.2, 0.25) is 0 Å². The van der Waals surface area contributed by atoms with Crippen LogP contribution in [-0.4, -0.2) is 46.3 Å². The van der Waals surface area contributed by atoms with Gasteiger partial charge in [-0.3, -0.25) is 5.10 Å². The SMILES string of the molecule is CN1CCCC(c2cc(C(=O)O)n[nH]2)C1. The highest BCUT2D eigenvalue weighted by Gasteiger charge is 2.21. The number of carboxylic acids is 1. The topological polar surface area (TPSA) is 69.2 Å². The van der Waals surface area contributed by atoms with Crippen LogP contribution in [0.1, 0.15) is 34.9 Å². The molecule has 82 valence electrons. The number of aromatic carboxylic acids is 1. The summed E-state index contributed by atoms with van der Waals surface area (Å²) in [5.41, 5.74) is 1.05. The van der Waals surface area contributed by atoms with Crippen molar-refractivity contribution in [3.63, 3.8) is 0 Å². The third-order valence-corrected chi connectivity index (χ3v) is 2.88. The van der Waals surface area contributed by atoms with Crippen molar-refractivity contribution in [3.8, 4) is 0 Å². The van der Waals surface area contributed by atoms with E-state index in [0.29, 0.717) is 5.92 Å². The molecule has 0 bridgehead atoms. The van der Waals surface area contributed by atoms with E-state index in [1.54, 1.807) is 6.07 Å². The van der Waals surface area contributed by atoms with Crippen LogP contribution in [-0.2, 0) is 0 Å². The molecule has 1 aliphatic heterocycles. The van der Waals surface area contributed by atoms with Gasteiger partial charge in [0.2, 0.25) is 0 Å². The van der Waals surface area contributed by atoms with E-state index in [0.717, 1.165) is 31.6 Å². The molecule has 1 aromatic heterocycles. The fourth-order valence-corrected chi connectivity index (χ4v) is 2.08. The van der Waals surface area contributed by atoms with E-state index in [9.17, 15) is 4.79 Å². The normalized spacial score (nSPS) is 22.9. The fourth-order valence-electron chi connectivity index (χ4n) is 2.08. The quantitative estimate of drug-likeness (QED) is 0.759. The Morgan fingerprint density at radius 3 is 3.13 bits per heavy atom. The molecule has 0 amide bonds. The molecule has 0 spiro atoms. The zero-order chi connectivity index (χ0) is 10.8. The van der Waals surface area contributed by atoms with E-state index in [4.69, 9.17) is 5.11 Å². The predicted molar refractivity (Wildman–Crippen MR) is 55.0 cm³/mol. The van der Waals surface area contributed by atoms with Gasteiger partial charge in [0.1, 0.15) is 0 Å². The van der Waals surface area contributed by atoms with Gasteiger partial charge in [0, 0.05) is 18.2 Å². The molecule has 2 heterocycles. The van der Waals surface area contributed by atoms with E-state index in [2.05, 4.69) is 22.1 Å². The Morgan fingerprint density at radius 2 is 2.53 bits per heavy atom. The Balaban J connectivity index is 2.11. The number of H-pyrrole nitrogens is 1. The highest BCUT2D eigenvalue weighted by atomic mass is 16.4.